The van der Waals surface area contributed by atoms with Crippen molar-refractivity contribution in [2.75, 3.05) is 5.73 Å². The molecule has 0 saturated heterocycles. The van der Waals surface area contributed by atoms with Crippen molar-refractivity contribution in [3.63, 3.8) is 0 Å². The largest absolute Gasteiger partial charge is 0.573 e. The lowest BCUT2D eigenvalue weighted by molar-refractivity contribution is -0.675. The van der Waals surface area contributed by atoms with Gasteiger partial charge in [0.05, 0.1) is 11.6 Å². The van der Waals surface area contributed by atoms with Crippen LogP contribution in [0.2, 0.25) is 5.02 Å². The quantitative estimate of drug-likeness (QED) is 0.400. The molecule has 2 aromatic heterocycles. The van der Waals surface area contributed by atoms with Gasteiger partial charge in [0.2, 0.25) is 17.3 Å². The number of ether oxygens (including phenoxy) is 1. The van der Waals surface area contributed by atoms with E-state index in [-0.39, 0.29) is 16.6 Å². The maximum Gasteiger partial charge on any atom is 0.573 e. The van der Waals surface area contributed by atoms with Gasteiger partial charge in [-0.1, -0.05) is 51.9 Å². The molecule has 0 saturated carbocycles. The third kappa shape index (κ3) is 5.20. The van der Waals surface area contributed by atoms with Gasteiger partial charge in [-0.3, -0.25) is 0 Å². The summed E-state index contributed by atoms with van der Waals surface area (Å²) in [6, 6.07) is 13.7. The van der Waals surface area contributed by atoms with Crippen molar-refractivity contribution in [2.45, 2.75) is 29.4 Å². The molecule has 0 fully saturated rings. The number of alkyl halides is 3. The number of nitrogen functional groups attached to an aromatic ring is 1. The highest BCUT2D eigenvalue weighted by Crippen LogP contribution is 2.36. The SMILES string of the molecule is Nc1nc[n+](CCc2ccccc2)c2nc(Sc3cc(OC(F)(F)F)ccc3Cl)[nH]c12. The van der Waals surface area contributed by atoms with Gasteiger partial charge in [0, 0.05) is 11.3 Å². The van der Waals surface area contributed by atoms with Crippen LogP contribution in [0.15, 0.2) is 64.9 Å². The second-order valence-corrected chi connectivity index (χ2v) is 7.98. The molecule has 3 N–H and O–H groups in total. The Morgan fingerprint density at radius 3 is 2.68 bits per heavy atom. The van der Waals surface area contributed by atoms with Crippen LogP contribution in [0.25, 0.3) is 11.2 Å². The second kappa shape index (κ2) is 8.64. The molecular formula is C20H16ClF3N5OS+. The van der Waals surface area contributed by atoms with Gasteiger partial charge in [0.25, 0.3) is 5.65 Å². The van der Waals surface area contributed by atoms with E-state index in [2.05, 4.69) is 19.7 Å². The number of anilines is 1. The van der Waals surface area contributed by atoms with E-state index in [4.69, 9.17) is 17.3 Å². The van der Waals surface area contributed by atoms with Crippen LogP contribution >= 0.6 is 23.4 Å². The molecule has 0 atom stereocenters. The Bertz CT molecular complexity index is 1220. The summed E-state index contributed by atoms with van der Waals surface area (Å²) in [6.07, 6.45) is -2.41. The first kappa shape index (κ1) is 21.3. The molecule has 2 aromatic carbocycles. The van der Waals surface area contributed by atoms with Crippen LogP contribution in [0, 0.1) is 0 Å². The molecule has 0 spiro atoms. The normalized spacial score (nSPS) is 11.7. The number of aromatic nitrogens is 4. The summed E-state index contributed by atoms with van der Waals surface area (Å²) in [7, 11) is 0. The van der Waals surface area contributed by atoms with Crippen molar-refractivity contribution in [2.24, 2.45) is 0 Å². The van der Waals surface area contributed by atoms with Gasteiger partial charge in [0.15, 0.2) is 5.52 Å². The van der Waals surface area contributed by atoms with E-state index < -0.39 is 6.36 Å². The highest BCUT2D eigenvalue weighted by Gasteiger charge is 2.31. The molecule has 0 radical (unpaired) electrons. The Labute approximate surface area is 184 Å². The number of aryl methyl sites for hydroxylation is 2. The molecule has 4 aromatic rings. The number of imidazole rings is 1. The predicted octanol–water partition coefficient (Wildman–Crippen LogP) is 4.77. The van der Waals surface area contributed by atoms with Gasteiger partial charge in [-0.15, -0.1) is 13.2 Å². The minimum atomic E-state index is -4.79. The Hall–Kier alpha value is -2.98. The number of hydrogen-bond donors (Lipinski definition) is 2. The summed E-state index contributed by atoms with van der Waals surface area (Å²) >= 11 is 7.22. The summed E-state index contributed by atoms with van der Waals surface area (Å²) in [5, 5.41) is 0.678. The number of fused-ring (bicyclic) bond motifs is 1. The number of nitrogens with two attached hydrogens (primary N) is 1. The average molecular weight is 467 g/mol. The molecule has 0 aliphatic heterocycles. The zero-order chi connectivity index (χ0) is 22.0. The molecule has 11 heteroatoms. The minimum Gasteiger partial charge on any atom is -0.406 e. The molecule has 0 aliphatic rings. The number of nitrogens with zero attached hydrogens (tertiary/aromatic N) is 3. The first-order valence-corrected chi connectivity index (χ1v) is 10.3. The van der Waals surface area contributed by atoms with E-state index in [0.29, 0.717) is 27.8 Å². The summed E-state index contributed by atoms with van der Waals surface area (Å²) in [6.45, 7) is 0.623. The molecule has 0 aliphatic carbocycles. The van der Waals surface area contributed by atoms with Gasteiger partial charge in [-0.2, -0.15) is 0 Å². The first-order chi connectivity index (χ1) is 14.8. The molecular weight excluding hydrogens is 451 g/mol. The van der Waals surface area contributed by atoms with Gasteiger partial charge in [-0.25, -0.2) is 4.57 Å². The summed E-state index contributed by atoms with van der Waals surface area (Å²) in [5.41, 5.74) is 8.28. The van der Waals surface area contributed by atoms with Crippen molar-refractivity contribution in [3.05, 3.63) is 65.4 Å². The highest BCUT2D eigenvalue weighted by atomic mass is 35.5. The number of nitrogens with one attached hydrogen (secondary N) is 1. The lowest BCUT2D eigenvalue weighted by Crippen LogP contribution is -2.36. The Kier molecular flexibility index (Phi) is 5.92. The highest BCUT2D eigenvalue weighted by molar-refractivity contribution is 7.99. The van der Waals surface area contributed by atoms with Crippen LogP contribution in [-0.2, 0) is 13.0 Å². The van der Waals surface area contributed by atoms with E-state index in [9.17, 15) is 13.2 Å². The Balaban J connectivity index is 1.61. The minimum absolute atomic E-state index is 0.267. The fourth-order valence-electron chi connectivity index (χ4n) is 2.95. The lowest BCUT2D eigenvalue weighted by atomic mass is 10.1. The van der Waals surface area contributed by atoms with E-state index >= 15 is 0 Å². The fourth-order valence-corrected chi connectivity index (χ4v) is 4.02. The lowest BCUT2D eigenvalue weighted by Gasteiger charge is -2.10. The van der Waals surface area contributed by atoms with E-state index in [1.807, 2.05) is 34.9 Å². The monoisotopic (exact) mass is 466 g/mol. The van der Waals surface area contributed by atoms with Crippen LogP contribution in [0.3, 0.4) is 0 Å². The van der Waals surface area contributed by atoms with Crippen molar-refractivity contribution < 1.29 is 22.5 Å². The third-order valence-electron chi connectivity index (χ3n) is 4.35. The molecule has 0 bridgehead atoms. The van der Waals surface area contributed by atoms with Crippen LogP contribution in [0.4, 0.5) is 19.0 Å². The van der Waals surface area contributed by atoms with E-state index in [1.165, 1.54) is 17.7 Å². The number of benzene rings is 2. The standard InChI is InChI=1S/C20H15ClF3N5OS/c21-14-7-6-13(30-20(22,23)24)10-15(14)31-19-27-16-17(25)26-11-29(18(16)28-19)9-8-12-4-2-1-3-5-12/h1-7,10-11H,8-9H2,(H2,25,27,28)/p+1. The van der Waals surface area contributed by atoms with Gasteiger partial charge < -0.3 is 15.5 Å². The third-order valence-corrected chi connectivity index (χ3v) is 5.74. The van der Waals surface area contributed by atoms with E-state index in [1.54, 1.807) is 6.33 Å². The smallest absolute Gasteiger partial charge is 0.406 e. The zero-order valence-corrected chi connectivity index (χ0v) is 17.4. The van der Waals surface area contributed by atoms with Crippen LogP contribution in [-0.4, -0.2) is 21.3 Å². The van der Waals surface area contributed by atoms with Gasteiger partial charge >= 0.3 is 6.36 Å². The summed E-state index contributed by atoms with van der Waals surface area (Å²) in [4.78, 5) is 12.2. The maximum atomic E-state index is 12.5. The molecule has 6 nitrogen and oxygen atoms in total. The number of aromatic amines is 1. The van der Waals surface area contributed by atoms with Crippen molar-refractivity contribution in [1.82, 2.24) is 15.0 Å². The first-order valence-electron chi connectivity index (χ1n) is 9.09. The molecule has 2 heterocycles. The van der Waals surface area contributed by atoms with Crippen LogP contribution in [0.1, 0.15) is 5.56 Å². The number of rotatable bonds is 6. The molecule has 0 amide bonds. The Morgan fingerprint density at radius 2 is 1.94 bits per heavy atom. The molecule has 31 heavy (non-hydrogen) atoms. The van der Waals surface area contributed by atoms with Crippen LogP contribution < -0.4 is 15.0 Å². The number of halogens is 4. The maximum absolute atomic E-state index is 12.5. The van der Waals surface area contributed by atoms with Gasteiger partial charge in [0.1, 0.15) is 5.75 Å². The second-order valence-electron chi connectivity index (χ2n) is 6.54. The zero-order valence-electron chi connectivity index (χ0n) is 15.9. The topological polar surface area (TPSA) is 80.7 Å². The molecule has 4 rings (SSSR count). The van der Waals surface area contributed by atoms with E-state index in [0.717, 1.165) is 24.2 Å². The molecule has 0 unspecified atom stereocenters. The van der Waals surface area contributed by atoms with Crippen LogP contribution in [0.5, 0.6) is 5.75 Å². The van der Waals surface area contributed by atoms with Crippen molar-refractivity contribution in [3.8, 4) is 5.75 Å². The number of H-pyrrole nitrogens is 1. The van der Waals surface area contributed by atoms with Crippen molar-refractivity contribution >= 4 is 40.3 Å². The van der Waals surface area contributed by atoms with Crippen molar-refractivity contribution in [1.29, 1.82) is 0 Å². The Morgan fingerprint density at radius 1 is 1.16 bits per heavy atom. The number of hydrogen-bond acceptors (Lipinski definition) is 5. The average Bonchev–Trinajstić information content (AvgIpc) is 3.14. The summed E-state index contributed by atoms with van der Waals surface area (Å²) < 4.78 is 43.4. The summed E-state index contributed by atoms with van der Waals surface area (Å²) in [5.74, 6) is -0.0971. The predicted molar refractivity (Wildman–Crippen MR) is 111 cm³/mol. The van der Waals surface area contributed by atoms with Gasteiger partial charge in [-0.05, 0) is 35.5 Å². The molecule has 160 valence electrons. The fraction of sp³-hybridized carbons (Fsp3) is 0.150.